The number of hydrogen-bond donors (Lipinski definition) is 0. The van der Waals surface area contributed by atoms with E-state index in [1.807, 2.05) is 28.5 Å². The maximum Gasteiger partial charge on any atom is 0.264 e. The van der Waals surface area contributed by atoms with Gasteiger partial charge in [-0.15, -0.1) is 11.3 Å². The van der Waals surface area contributed by atoms with E-state index >= 15 is 0 Å². The predicted octanol–water partition coefficient (Wildman–Crippen LogP) is 3.38. The second-order valence-electron chi connectivity index (χ2n) is 5.42. The van der Waals surface area contributed by atoms with E-state index in [1.165, 1.54) is 11.3 Å². The van der Waals surface area contributed by atoms with Crippen molar-refractivity contribution >= 4 is 34.5 Å². The highest BCUT2D eigenvalue weighted by molar-refractivity contribution is 7.12. The van der Waals surface area contributed by atoms with Crippen LogP contribution >= 0.6 is 22.9 Å². The molecule has 0 N–H and O–H groups in total. The average molecular weight is 367 g/mol. The van der Waals surface area contributed by atoms with Crippen molar-refractivity contribution in [2.45, 2.75) is 0 Å². The Morgan fingerprint density at radius 3 is 2.42 bits per heavy atom. The highest BCUT2D eigenvalue weighted by atomic mass is 35.5. The fraction of sp³-hybridized carbons (Fsp3) is 0.353. The first-order chi connectivity index (χ1) is 11.6. The minimum atomic E-state index is 0.102. The molecule has 24 heavy (non-hydrogen) atoms. The Morgan fingerprint density at radius 2 is 1.83 bits per heavy atom. The third-order valence-electron chi connectivity index (χ3n) is 4.09. The zero-order chi connectivity index (χ0) is 17.1. The first-order valence-corrected chi connectivity index (χ1v) is 8.89. The molecule has 7 heteroatoms. The molecule has 0 bridgehead atoms. The van der Waals surface area contributed by atoms with Crippen LogP contribution in [0.15, 0.2) is 29.6 Å². The van der Waals surface area contributed by atoms with Crippen molar-refractivity contribution in [3.63, 3.8) is 0 Å². The molecule has 3 rings (SSSR count). The molecule has 0 atom stereocenters. The van der Waals surface area contributed by atoms with E-state index in [9.17, 15) is 4.79 Å². The summed E-state index contributed by atoms with van der Waals surface area (Å²) < 4.78 is 10.8. The van der Waals surface area contributed by atoms with E-state index in [1.54, 1.807) is 20.3 Å². The van der Waals surface area contributed by atoms with Crippen LogP contribution < -0.4 is 14.4 Å². The molecule has 0 saturated carbocycles. The highest BCUT2D eigenvalue weighted by Crippen LogP contribution is 2.38. The fourth-order valence-corrected chi connectivity index (χ4v) is 3.72. The number of carbonyl (C=O) groups excluding carboxylic acids is 1. The lowest BCUT2D eigenvalue weighted by Gasteiger charge is -2.36. The second kappa shape index (κ2) is 7.32. The van der Waals surface area contributed by atoms with Crippen molar-refractivity contribution in [1.29, 1.82) is 0 Å². The van der Waals surface area contributed by atoms with Gasteiger partial charge in [0.2, 0.25) is 0 Å². The van der Waals surface area contributed by atoms with E-state index in [-0.39, 0.29) is 5.91 Å². The number of ether oxygens (including phenoxy) is 2. The van der Waals surface area contributed by atoms with Gasteiger partial charge in [0.05, 0.1) is 29.8 Å². The van der Waals surface area contributed by atoms with Crippen LogP contribution in [-0.2, 0) is 0 Å². The number of hydrogen-bond acceptors (Lipinski definition) is 5. The lowest BCUT2D eigenvalue weighted by atomic mass is 10.2. The van der Waals surface area contributed by atoms with Crippen LogP contribution in [0.3, 0.4) is 0 Å². The van der Waals surface area contributed by atoms with Gasteiger partial charge in [0.15, 0.2) is 0 Å². The van der Waals surface area contributed by atoms with Gasteiger partial charge < -0.3 is 19.3 Å². The first-order valence-electron chi connectivity index (χ1n) is 7.63. The van der Waals surface area contributed by atoms with Crippen LogP contribution in [0.4, 0.5) is 5.69 Å². The summed E-state index contributed by atoms with van der Waals surface area (Å²) >= 11 is 7.64. The van der Waals surface area contributed by atoms with Crippen molar-refractivity contribution in [1.82, 2.24) is 4.90 Å². The van der Waals surface area contributed by atoms with Gasteiger partial charge in [-0.2, -0.15) is 0 Å². The Balaban J connectivity index is 1.74. The van der Waals surface area contributed by atoms with Crippen molar-refractivity contribution in [3.05, 3.63) is 39.5 Å². The van der Waals surface area contributed by atoms with Gasteiger partial charge in [0.1, 0.15) is 11.5 Å². The van der Waals surface area contributed by atoms with E-state index in [2.05, 4.69) is 4.90 Å². The predicted molar refractivity (Wildman–Crippen MR) is 97.0 cm³/mol. The largest absolute Gasteiger partial charge is 0.495 e. The van der Waals surface area contributed by atoms with Crippen LogP contribution in [-0.4, -0.2) is 51.2 Å². The molecule has 5 nitrogen and oxygen atoms in total. The molecule has 1 fully saturated rings. The Hall–Kier alpha value is -1.92. The summed E-state index contributed by atoms with van der Waals surface area (Å²) in [7, 11) is 3.22. The third kappa shape index (κ3) is 3.30. The summed E-state index contributed by atoms with van der Waals surface area (Å²) in [5.41, 5.74) is 0.932. The normalized spacial score (nSPS) is 14.6. The maximum atomic E-state index is 12.4. The molecule has 1 aliphatic heterocycles. The summed E-state index contributed by atoms with van der Waals surface area (Å²) in [4.78, 5) is 17.3. The molecule has 1 aromatic heterocycles. The van der Waals surface area contributed by atoms with Crippen LogP contribution in [0.1, 0.15) is 9.67 Å². The molecule has 1 aliphatic rings. The van der Waals surface area contributed by atoms with Gasteiger partial charge in [-0.1, -0.05) is 17.7 Å². The monoisotopic (exact) mass is 366 g/mol. The standard InChI is InChI=1S/C17H19ClN2O3S/c1-22-14-11-13(15(23-2)10-12(14)18)19-5-7-20(8-6-19)17(21)16-4-3-9-24-16/h3-4,9-11H,5-8H2,1-2H3. The quantitative estimate of drug-likeness (QED) is 0.831. The summed E-state index contributed by atoms with van der Waals surface area (Å²) in [5.74, 6) is 1.42. The highest BCUT2D eigenvalue weighted by Gasteiger charge is 2.25. The molecule has 2 aromatic rings. The van der Waals surface area contributed by atoms with Crippen molar-refractivity contribution < 1.29 is 14.3 Å². The number of carbonyl (C=O) groups is 1. The molecule has 0 radical (unpaired) electrons. The molecular weight excluding hydrogens is 348 g/mol. The summed E-state index contributed by atoms with van der Waals surface area (Å²) in [6.07, 6.45) is 0. The Labute approximate surface area is 150 Å². The fourth-order valence-electron chi connectivity index (χ4n) is 2.80. The summed E-state index contributed by atoms with van der Waals surface area (Å²) in [5, 5.41) is 2.44. The zero-order valence-electron chi connectivity index (χ0n) is 13.6. The number of halogens is 1. The van der Waals surface area contributed by atoms with Gasteiger partial charge in [0.25, 0.3) is 5.91 Å². The van der Waals surface area contributed by atoms with E-state index in [0.717, 1.165) is 23.7 Å². The second-order valence-corrected chi connectivity index (χ2v) is 6.77. The van der Waals surface area contributed by atoms with Crippen LogP contribution in [0.5, 0.6) is 11.5 Å². The number of piperazine rings is 1. The SMILES string of the molecule is COc1cc(N2CCN(C(=O)c3cccs3)CC2)c(OC)cc1Cl. The molecule has 0 aliphatic carbocycles. The van der Waals surface area contributed by atoms with E-state index in [0.29, 0.717) is 29.6 Å². The number of thiophene rings is 1. The zero-order valence-corrected chi connectivity index (χ0v) is 15.2. The van der Waals surface area contributed by atoms with Gasteiger partial charge in [0, 0.05) is 38.3 Å². The molecular formula is C17H19ClN2O3S. The van der Waals surface area contributed by atoms with Gasteiger partial charge in [-0.3, -0.25) is 4.79 Å². The summed E-state index contributed by atoms with van der Waals surface area (Å²) in [6, 6.07) is 7.42. The molecule has 0 spiro atoms. The average Bonchev–Trinajstić information content (AvgIpc) is 3.15. The summed E-state index contributed by atoms with van der Waals surface area (Å²) in [6.45, 7) is 2.81. The third-order valence-corrected chi connectivity index (χ3v) is 5.25. The molecule has 1 amide bonds. The lowest BCUT2D eigenvalue weighted by molar-refractivity contribution is 0.0751. The topological polar surface area (TPSA) is 42.0 Å². The van der Waals surface area contributed by atoms with Gasteiger partial charge in [-0.05, 0) is 11.4 Å². The van der Waals surface area contributed by atoms with Crippen LogP contribution in [0, 0.1) is 0 Å². The minimum Gasteiger partial charge on any atom is -0.495 e. The first kappa shape index (κ1) is 16.9. The molecule has 1 aromatic carbocycles. The molecule has 1 saturated heterocycles. The Bertz CT molecular complexity index is 713. The molecule has 0 unspecified atom stereocenters. The number of anilines is 1. The van der Waals surface area contributed by atoms with Crippen molar-refractivity contribution in [2.24, 2.45) is 0 Å². The Morgan fingerprint density at radius 1 is 1.12 bits per heavy atom. The minimum absolute atomic E-state index is 0.102. The number of benzene rings is 1. The molecule has 128 valence electrons. The van der Waals surface area contributed by atoms with Crippen molar-refractivity contribution in [2.75, 3.05) is 45.3 Å². The van der Waals surface area contributed by atoms with Crippen LogP contribution in [0.25, 0.3) is 0 Å². The smallest absolute Gasteiger partial charge is 0.264 e. The van der Waals surface area contributed by atoms with Crippen molar-refractivity contribution in [3.8, 4) is 11.5 Å². The Kier molecular flexibility index (Phi) is 5.16. The maximum absolute atomic E-state index is 12.4. The number of amides is 1. The lowest BCUT2D eigenvalue weighted by Crippen LogP contribution is -2.48. The number of rotatable bonds is 4. The van der Waals surface area contributed by atoms with Crippen LogP contribution in [0.2, 0.25) is 5.02 Å². The molecule has 2 heterocycles. The van der Waals surface area contributed by atoms with E-state index in [4.69, 9.17) is 21.1 Å². The number of methoxy groups -OCH3 is 2. The van der Waals surface area contributed by atoms with Gasteiger partial charge in [-0.25, -0.2) is 0 Å². The van der Waals surface area contributed by atoms with Gasteiger partial charge >= 0.3 is 0 Å². The number of nitrogens with zero attached hydrogens (tertiary/aromatic N) is 2. The van der Waals surface area contributed by atoms with E-state index < -0.39 is 0 Å².